The maximum Gasteiger partial charge on any atom is 0.435 e. The molecule has 1 atom stereocenters. The minimum atomic E-state index is -5.15. The lowest BCUT2D eigenvalue weighted by Gasteiger charge is -2.28. The second-order valence-corrected chi connectivity index (χ2v) is 4.96. The van der Waals surface area contributed by atoms with Crippen LogP contribution in [0.3, 0.4) is 0 Å². The highest BCUT2D eigenvalue weighted by molar-refractivity contribution is 5.35. The molecule has 0 aliphatic heterocycles. The van der Waals surface area contributed by atoms with Crippen LogP contribution in [0.25, 0.3) is 0 Å². The molecule has 1 aromatic heterocycles. The lowest BCUT2D eigenvalue weighted by Crippen LogP contribution is -2.33. The SMILES string of the molecule is O[C@H]1c2c(C(F)(F)F)nn(CCC(F)(F)F)c2CCC1(F)F. The molecular formula is C11H10F8N2O. The van der Waals surface area contributed by atoms with Gasteiger partial charge in [0.25, 0.3) is 5.92 Å². The highest BCUT2D eigenvalue weighted by Crippen LogP contribution is 2.46. The maximum atomic E-state index is 13.4. The van der Waals surface area contributed by atoms with Crippen molar-refractivity contribution in [3.05, 3.63) is 17.0 Å². The first-order valence-corrected chi connectivity index (χ1v) is 6.12. The molecule has 0 amide bonds. The van der Waals surface area contributed by atoms with Crippen LogP contribution in [0.15, 0.2) is 0 Å². The fourth-order valence-electron chi connectivity index (χ4n) is 2.32. The number of hydrogen-bond acceptors (Lipinski definition) is 2. The van der Waals surface area contributed by atoms with Gasteiger partial charge in [-0.25, -0.2) is 8.78 Å². The van der Waals surface area contributed by atoms with Crippen molar-refractivity contribution in [3.63, 3.8) is 0 Å². The number of aliphatic hydroxyl groups excluding tert-OH is 1. The molecule has 0 saturated heterocycles. The second-order valence-electron chi connectivity index (χ2n) is 4.96. The highest BCUT2D eigenvalue weighted by atomic mass is 19.4. The molecule has 1 aromatic rings. The fraction of sp³-hybridized carbons (Fsp3) is 0.727. The van der Waals surface area contributed by atoms with Crippen LogP contribution < -0.4 is 0 Å². The van der Waals surface area contributed by atoms with Gasteiger partial charge in [0.2, 0.25) is 0 Å². The van der Waals surface area contributed by atoms with Crippen molar-refractivity contribution in [1.82, 2.24) is 9.78 Å². The van der Waals surface area contributed by atoms with E-state index in [9.17, 15) is 40.2 Å². The summed E-state index contributed by atoms with van der Waals surface area (Å²) in [4.78, 5) is 0. The third-order valence-corrected chi connectivity index (χ3v) is 3.34. The predicted molar refractivity (Wildman–Crippen MR) is 56.1 cm³/mol. The molecule has 22 heavy (non-hydrogen) atoms. The number of aliphatic hydroxyl groups is 1. The van der Waals surface area contributed by atoms with Crippen LogP contribution >= 0.6 is 0 Å². The molecule has 2 rings (SSSR count). The first-order chi connectivity index (χ1) is 9.83. The van der Waals surface area contributed by atoms with Gasteiger partial charge in [0.05, 0.1) is 6.42 Å². The van der Waals surface area contributed by atoms with Crippen molar-refractivity contribution in [3.8, 4) is 0 Å². The molecule has 1 aliphatic rings. The van der Waals surface area contributed by atoms with Crippen molar-refractivity contribution in [2.24, 2.45) is 0 Å². The Balaban J connectivity index is 2.47. The molecule has 0 bridgehead atoms. The Hall–Kier alpha value is -1.39. The van der Waals surface area contributed by atoms with Crippen LogP contribution in [0.4, 0.5) is 35.1 Å². The number of rotatable bonds is 2. The molecule has 0 spiro atoms. The van der Waals surface area contributed by atoms with Crippen molar-refractivity contribution in [2.75, 3.05) is 0 Å². The van der Waals surface area contributed by atoms with E-state index in [1.54, 1.807) is 0 Å². The van der Waals surface area contributed by atoms with E-state index in [-0.39, 0.29) is 0 Å². The molecule has 1 N–H and O–H groups in total. The van der Waals surface area contributed by atoms with E-state index >= 15 is 0 Å². The summed E-state index contributed by atoms with van der Waals surface area (Å²) in [6.45, 7) is -0.930. The molecule has 11 heteroatoms. The summed E-state index contributed by atoms with van der Waals surface area (Å²) in [7, 11) is 0. The van der Waals surface area contributed by atoms with E-state index in [0.29, 0.717) is 4.68 Å². The van der Waals surface area contributed by atoms with Crippen molar-refractivity contribution < 1.29 is 40.2 Å². The van der Waals surface area contributed by atoms with E-state index in [1.807, 2.05) is 0 Å². The largest absolute Gasteiger partial charge is 0.435 e. The number of aromatic nitrogens is 2. The van der Waals surface area contributed by atoms with Gasteiger partial charge in [-0.05, 0) is 6.42 Å². The topological polar surface area (TPSA) is 38.1 Å². The van der Waals surface area contributed by atoms with E-state index in [1.165, 1.54) is 0 Å². The fourth-order valence-corrected chi connectivity index (χ4v) is 2.32. The summed E-state index contributed by atoms with van der Waals surface area (Å²) < 4.78 is 102. The first-order valence-electron chi connectivity index (χ1n) is 6.12. The smallest absolute Gasteiger partial charge is 0.382 e. The lowest BCUT2D eigenvalue weighted by atomic mass is 9.89. The van der Waals surface area contributed by atoms with Gasteiger partial charge in [0.15, 0.2) is 5.69 Å². The highest BCUT2D eigenvalue weighted by Gasteiger charge is 2.51. The van der Waals surface area contributed by atoms with Gasteiger partial charge in [-0.2, -0.15) is 31.4 Å². The van der Waals surface area contributed by atoms with Crippen LogP contribution in [0.1, 0.15) is 35.9 Å². The standard InChI is InChI=1S/C11H10F8N2O/c12-9(13)2-1-5-6(8(9)22)7(11(17,18)19)20-21(5)4-3-10(14,15)16/h8,22H,1-4H2/t8-/m0/s1. The minimum Gasteiger partial charge on any atom is -0.382 e. The Bertz CT molecular complexity index is 560. The molecule has 0 aromatic carbocycles. The van der Waals surface area contributed by atoms with E-state index in [0.717, 1.165) is 0 Å². The number of hydrogen-bond donors (Lipinski definition) is 1. The molecular weight excluding hydrogens is 328 g/mol. The minimum absolute atomic E-state index is 0.407. The quantitative estimate of drug-likeness (QED) is 0.839. The van der Waals surface area contributed by atoms with Crippen LogP contribution in [-0.2, 0) is 19.1 Å². The summed E-state index contributed by atoms with van der Waals surface area (Å²) in [6, 6.07) is 0. The van der Waals surface area contributed by atoms with Gasteiger partial charge in [-0.15, -0.1) is 0 Å². The molecule has 0 unspecified atom stereocenters. The molecule has 0 fully saturated rings. The molecule has 126 valence electrons. The molecule has 1 aliphatic carbocycles. The number of alkyl halides is 8. The van der Waals surface area contributed by atoms with Gasteiger partial charge in [-0.1, -0.05) is 0 Å². The third-order valence-electron chi connectivity index (χ3n) is 3.34. The van der Waals surface area contributed by atoms with Crippen molar-refractivity contribution >= 4 is 0 Å². The van der Waals surface area contributed by atoms with Crippen molar-refractivity contribution in [1.29, 1.82) is 0 Å². The Kier molecular flexibility index (Phi) is 3.91. The monoisotopic (exact) mass is 338 g/mol. The predicted octanol–water partition coefficient (Wildman–Crippen LogP) is 3.47. The number of nitrogens with zero attached hydrogens (tertiary/aromatic N) is 2. The maximum absolute atomic E-state index is 13.4. The van der Waals surface area contributed by atoms with E-state index in [4.69, 9.17) is 0 Å². The Morgan fingerprint density at radius 2 is 1.77 bits per heavy atom. The lowest BCUT2D eigenvalue weighted by molar-refractivity contribution is -0.150. The molecule has 0 radical (unpaired) electrons. The van der Waals surface area contributed by atoms with Gasteiger partial charge < -0.3 is 5.11 Å². The Labute approximate surface area is 118 Å². The van der Waals surface area contributed by atoms with Crippen LogP contribution in [0.2, 0.25) is 0 Å². The second kappa shape index (κ2) is 5.07. The molecule has 0 saturated carbocycles. The van der Waals surface area contributed by atoms with Crippen LogP contribution in [0.5, 0.6) is 0 Å². The number of halogens is 8. The number of aryl methyl sites for hydroxylation is 1. The average Bonchev–Trinajstić information content (AvgIpc) is 2.70. The van der Waals surface area contributed by atoms with Gasteiger partial charge >= 0.3 is 12.4 Å². The zero-order valence-electron chi connectivity index (χ0n) is 10.8. The average molecular weight is 338 g/mol. The summed E-state index contributed by atoms with van der Waals surface area (Å²) in [5.41, 5.74) is -3.34. The first kappa shape index (κ1) is 17.0. The zero-order chi connectivity index (χ0) is 16.9. The van der Waals surface area contributed by atoms with E-state index < -0.39 is 67.1 Å². The number of fused-ring (bicyclic) bond motifs is 1. The van der Waals surface area contributed by atoms with Gasteiger partial charge in [0.1, 0.15) is 6.10 Å². The van der Waals surface area contributed by atoms with Gasteiger partial charge in [-0.3, -0.25) is 4.68 Å². The summed E-state index contributed by atoms with van der Waals surface area (Å²) in [6.07, 6.45) is -15.5. The third kappa shape index (κ3) is 3.18. The normalized spacial score (nSPS) is 21.8. The summed E-state index contributed by atoms with van der Waals surface area (Å²) in [5, 5.41) is 12.4. The summed E-state index contributed by atoms with van der Waals surface area (Å²) >= 11 is 0. The van der Waals surface area contributed by atoms with Crippen molar-refractivity contribution in [2.45, 2.75) is 50.2 Å². The Morgan fingerprint density at radius 1 is 1.18 bits per heavy atom. The zero-order valence-corrected chi connectivity index (χ0v) is 10.8. The van der Waals surface area contributed by atoms with Crippen LogP contribution in [0, 0.1) is 0 Å². The Morgan fingerprint density at radius 3 is 2.27 bits per heavy atom. The van der Waals surface area contributed by atoms with E-state index in [2.05, 4.69) is 5.10 Å². The molecule has 1 heterocycles. The molecule has 3 nitrogen and oxygen atoms in total. The summed E-state index contributed by atoms with van der Waals surface area (Å²) in [5.74, 6) is -3.79. The van der Waals surface area contributed by atoms with Gasteiger partial charge in [0, 0.05) is 24.2 Å². The van der Waals surface area contributed by atoms with Crippen LogP contribution in [-0.4, -0.2) is 27.0 Å².